The number of nitrogens with zero attached hydrogens (tertiary/aromatic N) is 2. The maximum atomic E-state index is 11.1. The SMILES string of the molecule is CC(=O)N1CCC(C2=NOCC2)C1. The van der Waals surface area contributed by atoms with Crippen molar-refractivity contribution < 1.29 is 9.63 Å². The third kappa shape index (κ3) is 1.66. The molecule has 0 aromatic carbocycles. The van der Waals surface area contributed by atoms with E-state index >= 15 is 0 Å². The molecule has 0 radical (unpaired) electrons. The van der Waals surface area contributed by atoms with Gasteiger partial charge in [0.25, 0.3) is 0 Å². The molecule has 1 amide bonds. The molecule has 1 atom stereocenters. The number of rotatable bonds is 1. The first-order chi connectivity index (χ1) is 6.27. The maximum Gasteiger partial charge on any atom is 0.219 e. The van der Waals surface area contributed by atoms with Crippen LogP contribution >= 0.6 is 0 Å². The summed E-state index contributed by atoms with van der Waals surface area (Å²) in [6.45, 7) is 4.04. The van der Waals surface area contributed by atoms with Crippen molar-refractivity contribution in [3.8, 4) is 0 Å². The van der Waals surface area contributed by atoms with Gasteiger partial charge < -0.3 is 9.74 Å². The molecule has 0 spiro atoms. The van der Waals surface area contributed by atoms with Gasteiger partial charge in [0.1, 0.15) is 6.61 Å². The van der Waals surface area contributed by atoms with E-state index in [1.807, 2.05) is 4.90 Å². The van der Waals surface area contributed by atoms with E-state index in [1.54, 1.807) is 6.92 Å². The van der Waals surface area contributed by atoms with Gasteiger partial charge in [-0.15, -0.1) is 0 Å². The standard InChI is InChI=1S/C9H14N2O2/c1-7(12)11-4-2-8(6-11)9-3-5-13-10-9/h8H,2-6H2,1H3. The third-order valence-electron chi connectivity index (χ3n) is 2.74. The number of hydrogen-bond donors (Lipinski definition) is 0. The van der Waals surface area contributed by atoms with Crippen LogP contribution in [0.5, 0.6) is 0 Å². The molecule has 0 saturated carbocycles. The van der Waals surface area contributed by atoms with Crippen LogP contribution < -0.4 is 0 Å². The normalized spacial score (nSPS) is 27.3. The quantitative estimate of drug-likeness (QED) is 0.597. The second kappa shape index (κ2) is 3.36. The number of oxime groups is 1. The maximum absolute atomic E-state index is 11.1. The Morgan fingerprint density at radius 3 is 3.08 bits per heavy atom. The van der Waals surface area contributed by atoms with E-state index in [9.17, 15) is 4.79 Å². The molecule has 2 heterocycles. The zero-order chi connectivity index (χ0) is 9.26. The van der Waals surface area contributed by atoms with Crippen LogP contribution in [-0.4, -0.2) is 36.2 Å². The highest BCUT2D eigenvalue weighted by atomic mass is 16.6. The van der Waals surface area contributed by atoms with Crippen molar-refractivity contribution in [3.05, 3.63) is 0 Å². The molecule has 1 fully saturated rings. The molecular formula is C9H14N2O2. The van der Waals surface area contributed by atoms with Crippen molar-refractivity contribution >= 4 is 11.6 Å². The molecule has 2 aliphatic heterocycles. The fourth-order valence-electron chi connectivity index (χ4n) is 1.92. The highest BCUT2D eigenvalue weighted by Gasteiger charge is 2.29. The van der Waals surface area contributed by atoms with Gasteiger partial charge in [-0.25, -0.2) is 0 Å². The van der Waals surface area contributed by atoms with Gasteiger partial charge in [0, 0.05) is 32.4 Å². The van der Waals surface area contributed by atoms with Crippen LogP contribution in [0.25, 0.3) is 0 Å². The minimum Gasteiger partial charge on any atom is -0.395 e. The van der Waals surface area contributed by atoms with Gasteiger partial charge in [-0.2, -0.15) is 0 Å². The van der Waals surface area contributed by atoms with E-state index in [2.05, 4.69) is 5.16 Å². The summed E-state index contributed by atoms with van der Waals surface area (Å²) in [5.41, 5.74) is 1.14. The summed E-state index contributed by atoms with van der Waals surface area (Å²) in [6, 6.07) is 0. The van der Waals surface area contributed by atoms with Crippen LogP contribution in [0.3, 0.4) is 0 Å². The average Bonchev–Trinajstić information content (AvgIpc) is 2.75. The van der Waals surface area contributed by atoms with Crippen molar-refractivity contribution in [2.75, 3.05) is 19.7 Å². The Morgan fingerprint density at radius 1 is 1.69 bits per heavy atom. The van der Waals surface area contributed by atoms with E-state index < -0.39 is 0 Å². The summed E-state index contributed by atoms with van der Waals surface area (Å²) in [6.07, 6.45) is 1.98. The second-order valence-electron chi connectivity index (χ2n) is 3.62. The number of carbonyl (C=O) groups is 1. The van der Waals surface area contributed by atoms with Crippen LogP contribution in [0.4, 0.5) is 0 Å². The summed E-state index contributed by atoms with van der Waals surface area (Å²) < 4.78 is 0. The lowest BCUT2D eigenvalue weighted by Gasteiger charge is -2.12. The molecule has 4 heteroatoms. The van der Waals surface area contributed by atoms with Gasteiger partial charge >= 0.3 is 0 Å². The lowest BCUT2D eigenvalue weighted by molar-refractivity contribution is -0.127. The summed E-state index contributed by atoms with van der Waals surface area (Å²) in [5, 5.41) is 3.99. The Kier molecular flexibility index (Phi) is 2.20. The second-order valence-corrected chi connectivity index (χ2v) is 3.62. The van der Waals surface area contributed by atoms with Crippen molar-refractivity contribution in [3.63, 3.8) is 0 Å². The molecule has 0 bridgehead atoms. The Morgan fingerprint density at radius 2 is 2.54 bits per heavy atom. The van der Waals surface area contributed by atoms with Crippen LogP contribution in [-0.2, 0) is 9.63 Å². The Labute approximate surface area is 77.5 Å². The molecule has 2 rings (SSSR count). The molecule has 0 aromatic heterocycles. The largest absolute Gasteiger partial charge is 0.395 e. The first-order valence-corrected chi connectivity index (χ1v) is 4.71. The van der Waals surface area contributed by atoms with E-state index in [0.29, 0.717) is 12.5 Å². The molecule has 72 valence electrons. The van der Waals surface area contributed by atoms with Crippen molar-refractivity contribution in [1.82, 2.24) is 4.90 Å². The zero-order valence-corrected chi connectivity index (χ0v) is 7.82. The highest BCUT2D eigenvalue weighted by molar-refractivity contribution is 5.88. The van der Waals surface area contributed by atoms with E-state index in [-0.39, 0.29) is 5.91 Å². The number of hydrogen-bond acceptors (Lipinski definition) is 3. The van der Waals surface area contributed by atoms with Gasteiger partial charge in [0.05, 0.1) is 5.71 Å². The molecule has 2 aliphatic rings. The van der Waals surface area contributed by atoms with E-state index in [4.69, 9.17) is 4.84 Å². The smallest absolute Gasteiger partial charge is 0.219 e. The average molecular weight is 182 g/mol. The van der Waals surface area contributed by atoms with Gasteiger partial charge in [-0.1, -0.05) is 5.16 Å². The molecule has 13 heavy (non-hydrogen) atoms. The Bertz CT molecular complexity index is 250. The minimum absolute atomic E-state index is 0.169. The number of carbonyl (C=O) groups excluding carboxylic acids is 1. The fraction of sp³-hybridized carbons (Fsp3) is 0.778. The van der Waals surface area contributed by atoms with Crippen LogP contribution in [0, 0.1) is 5.92 Å². The number of amides is 1. The lowest BCUT2D eigenvalue weighted by Crippen LogP contribution is -2.27. The molecule has 1 saturated heterocycles. The highest BCUT2D eigenvalue weighted by Crippen LogP contribution is 2.21. The van der Waals surface area contributed by atoms with Crippen LogP contribution in [0.1, 0.15) is 19.8 Å². The monoisotopic (exact) mass is 182 g/mol. The van der Waals surface area contributed by atoms with E-state index in [0.717, 1.165) is 31.6 Å². The molecular weight excluding hydrogens is 168 g/mol. The predicted octanol–water partition coefficient (Wildman–Crippen LogP) is 0.631. The third-order valence-corrected chi connectivity index (χ3v) is 2.74. The van der Waals surface area contributed by atoms with Gasteiger partial charge in [0.2, 0.25) is 5.91 Å². The summed E-state index contributed by atoms with van der Waals surface area (Å²) in [5.74, 6) is 0.619. The van der Waals surface area contributed by atoms with Crippen molar-refractivity contribution in [2.24, 2.45) is 11.1 Å². The molecule has 0 N–H and O–H groups in total. The van der Waals surface area contributed by atoms with Crippen LogP contribution in [0.15, 0.2) is 5.16 Å². The first-order valence-electron chi connectivity index (χ1n) is 4.71. The minimum atomic E-state index is 0.169. The van der Waals surface area contributed by atoms with Crippen molar-refractivity contribution in [2.45, 2.75) is 19.8 Å². The Hall–Kier alpha value is -1.06. The lowest BCUT2D eigenvalue weighted by atomic mass is 10.0. The Balaban J connectivity index is 1.94. The predicted molar refractivity (Wildman–Crippen MR) is 48.4 cm³/mol. The molecule has 0 aromatic rings. The molecule has 0 aliphatic carbocycles. The fourth-order valence-corrected chi connectivity index (χ4v) is 1.92. The van der Waals surface area contributed by atoms with E-state index in [1.165, 1.54) is 0 Å². The zero-order valence-electron chi connectivity index (χ0n) is 7.82. The van der Waals surface area contributed by atoms with Crippen LogP contribution in [0.2, 0.25) is 0 Å². The number of likely N-dealkylation sites (tertiary alicyclic amines) is 1. The van der Waals surface area contributed by atoms with Gasteiger partial charge in [-0.3, -0.25) is 4.79 Å². The summed E-state index contributed by atoms with van der Waals surface area (Å²) >= 11 is 0. The topological polar surface area (TPSA) is 41.9 Å². The van der Waals surface area contributed by atoms with Crippen molar-refractivity contribution in [1.29, 1.82) is 0 Å². The first kappa shape index (κ1) is 8.53. The van der Waals surface area contributed by atoms with Gasteiger partial charge in [0.15, 0.2) is 0 Å². The molecule has 1 unspecified atom stereocenters. The molecule has 4 nitrogen and oxygen atoms in total. The van der Waals surface area contributed by atoms with Gasteiger partial charge in [-0.05, 0) is 6.42 Å². The summed E-state index contributed by atoms with van der Waals surface area (Å²) in [7, 11) is 0. The summed E-state index contributed by atoms with van der Waals surface area (Å²) in [4.78, 5) is 17.9.